The number of fused-ring (bicyclic) bond motifs is 1. The van der Waals surface area contributed by atoms with Gasteiger partial charge in [0.25, 0.3) is 5.91 Å². The summed E-state index contributed by atoms with van der Waals surface area (Å²) in [5.74, 6) is -0.962. The second kappa shape index (κ2) is 10.3. The number of halogens is 4. The number of benzene rings is 2. The molecular formula is C26H24F4N4O4. The van der Waals surface area contributed by atoms with Gasteiger partial charge in [-0.2, -0.15) is 18.3 Å². The summed E-state index contributed by atoms with van der Waals surface area (Å²) in [4.78, 5) is 17.0. The Bertz CT molecular complexity index is 1470. The largest absolute Gasteiger partial charge is 0.494 e. The first kappa shape index (κ1) is 26.9. The molecular weight excluding hydrogens is 508 g/mol. The number of rotatable bonds is 8. The Balaban J connectivity index is 1.73. The molecule has 38 heavy (non-hydrogen) atoms. The van der Waals surface area contributed by atoms with Crippen molar-refractivity contribution in [1.29, 1.82) is 0 Å². The maximum absolute atomic E-state index is 14.3. The van der Waals surface area contributed by atoms with E-state index < -0.39 is 35.7 Å². The Kier molecular flexibility index (Phi) is 7.27. The van der Waals surface area contributed by atoms with Gasteiger partial charge >= 0.3 is 6.18 Å². The van der Waals surface area contributed by atoms with Crippen molar-refractivity contribution in [3.63, 3.8) is 0 Å². The lowest BCUT2D eigenvalue weighted by atomic mass is 9.95. The standard InChI is InChI=1S/C26H24F4N4O4/c1-4-38-23-14(2)9-20(33-22(23)15-5-7-18(27)8-6-15)25(36,26(28,29)30)13-31-24(35)16-10-17-12-32-34-21(17)19(11-16)37-3/h5-12,36H,4,13H2,1-3H3,(H,31,35)(H,32,34)/t25-/m0/s1. The Morgan fingerprint density at radius 3 is 2.50 bits per heavy atom. The van der Waals surface area contributed by atoms with Crippen LogP contribution in [0.3, 0.4) is 0 Å². The first-order valence-electron chi connectivity index (χ1n) is 11.5. The highest BCUT2D eigenvalue weighted by atomic mass is 19.4. The van der Waals surface area contributed by atoms with Gasteiger partial charge in [-0.25, -0.2) is 9.37 Å². The molecule has 0 fully saturated rings. The summed E-state index contributed by atoms with van der Waals surface area (Å²) in [5.41, 5.74) is -3.26. The van der Waals surface area contributed by atoms with Crippen molar-refractivity contribution < 1.29 is 36.9 Å². The molecule has 0 spiro atoms. The van der Waals surface area contributed by atoms with Gasteiger partial charge in [0, 0.05) is 16.5 Å². The minimum Gasteiger partial charge on any atom is -0.494 e. The molecule has 3 N–H and O–H groups in total. The number of hydrogen-bond donors (Lipinski definition) is 3. The molecule has 4 rings (SSSR count). The van der Waals surface area contributed by atoms with E-state index in [2.05, 4.69) is 20.5 Å². The second-order valence-electron chi connectivity index (χ2n) is 8.50. The molecule has 8 nitrogen and oxygen atoms in total. The lowest BCUT2D eigenvalue weighted by Gasteiger charge is -2.31. The van der Waals surface area contributed by atoms with E-state index in [1.165, 1.54) is 44.5 Å². The topological polar surface area (TPSA) is 109 Å². The van der Waals surface area contributed by atoms with Crippen LogP contribution in [0.1, 0.15) is 28.5 Å². The summed E-state index contributed by atoms with van der Waals surface area (Å²) >= 11 is 0. The van der Waals surface area contributed by atoms with Crippen molar-refractivity contribution >= 4 is 16.8 Å². The SMILES string of the molecule is CCOc1c(C)cc([C@@](O)(CNC(=O)c2cc(OC)c3[nH]ncc3c2)C(F)(F)F)nc1-c1ccc(F)cc1. The van der Waals surface area contributed by atoms with E-state index in [-0.39, 0.29) is 40.5 Å². The van der Waals surface area contributed by atoms with Gasteiger partial charge in [0.2, 0.25) is 5.60 Å². The number of hydrogen-bond acceptors (Lipinski definition) is 6. The van der Waals surface area contributed by atoms with Crippen LogP contribution in [0.15, 0.2) is 48.7 Å². The summed E-state index contributed by atoms with van der Waals surface area (Å²) in [5, 5.41) is 20.2. The third-order valence-corrected chi connectivity index (χ3v) is 5.96. The Morgan fingerprint density at radius 1 is 1.16 bits per heavy atom. The van der Waals surface area contributed by atoms with Crippen molar-refractivity contribution in [1.82, 2.24) is 20.5 Å². The first-order chi connectivity index (χ1) is 18.0. The van der Waals surface area contributed by atoms with E-state index in [1.54, 1.807) is 6.92 Å². The monoisotopic (exact) mass is 532 g/mol. The van der Waals surface area contributed by atoms with Crippen LogP contribution in [-0.4, -0.2) is 52.6 Å². The molecule has 1 amide bonds. The molecule has 0 saturated carbocycles. The zero-order valence-corrected chi connectivity index (χ0v) is 20.6. The Morgan fingerprint density at radius 2 is 1.87 bits per heavy atom. The quantitative estimate of drug-likeness (QED) is 0.285. The van der Waals surface area contributed by atoms with Gasteiger partial charge in [-0.1, -0.05) is 0 Å². The number of methoxy groups -OCH3 is 1. The van der Waals surface area contributed by atoms with Crippen molar-refractivity contribution in [3.8, 4) is 22.8 Å². The summed E-state index contributed by atoms with van der Waals surface area (Å²) in [6.45, 7) is 2.16. The van der Waals surface area contributed by atoms with Gasteiger partial charge in [0.15, 0.2) is 0 Å². The van der Waals surface area contributed by atoms with E-state index in [1.807, 2.05) is 0 Å². The van der Waals surface area contributed by atoms with Gasteiger partial charge in [0.05, 0.1) is 32.2 Å². The van der Waals surface area contributed by atoms with Gasteiger partial charge in [-0.3, -0.25) is 9.89 Å². The third kappa shape index (κ3) is 4.99. The molecule has 0 bridgehead atoms. The van der Waals surface area contributed by atoms with Gasteiger partial charge in [-0.15, -0.1) is 0 Å². The molecule has 12 heteroatoms. The van der Waals surface area contributed by atoms with Crippen LogP contribution >= 0.6 is 0 Å². The zero-order valence-electron chi connectivity index (χ0n) is 20.6. The average Bonchev–Trinajstić information content (AvgIpc) is 3.36. The van der Waals surface area contributed by atoms with E-state index in [4.69, 9.17) is 9.47 Å². The normalized spacial score (nSPS) is 13.3. The molecule has 0 aliphatic heterocycles. The number of aliphatic hydroxyl groups is 1. The number of aromatic amines is 1. The van der Waals surface area contributed by atoms with E-state index >= 15 is 0 Å². The molecule has 1 atom stereocenters. The molecule has 0 aliphatic rings. The van der Waals surface area contributed by atoms with Crippen LogP contribution in [0.25, 0.3) is 22.2 Å². The van der Waals surface area contributed by atoms with E-state index in [9.17, 15) is 27.5 Å². The van der Waals surface area contributed by atoms with Crippen molar-refractivity contribution in [2.75, 3.05) is 20.3 Å². The molecule has 2 heterocycles. The number of carbonyl (C=O) groups excluding carboxylic acids is 1. The predicted octanol–water partition coefficient (Wildman–Crippen LogP) is 4.66. The summed E-state index contributed by atoms with van der Waals surface area (Å²) in [6, 6.07) is 8.78. The van der Waals surface area contributed by atoms with Crippen LogP contribution in [0, 0.1) is 12.7 Å². The molecule has 0 aliphatic carbocycles. The lowest BCUT2D eigenvalue weighted by molar-refractivity contribution is -0.265. The average molecular weight is 532 g/mol. The zero-order chi connectivity index (χ0) is 27.7. The van der Waals surface area contributed by atoms with Gasteiger partial charge < -0.3 is 19.9 Å². The van der Waals surface area contributed by atoms with E-state index in [0.29, 0.717) is 10.9 Å². The second-order valence-corrected chi connectivity index (χ2v) is 8.50. The summed E-state index contributed by atoms with van der Waals surface area (Å²) < 4.78 is 67.3. The highest BCUT2D eigenvalue weighted by Crippen LogP contribution is 2.41. The maximum atomic E-state index is 14.3. The molecule has 0 radical (unpaired) electrons. The fourth-order valence-corrected chi connectivity index (χ4v) is 3.97. The number of amides is 1. The summed E-state index contributed by atoms with van der Waals surface area (Å²) in [7, 11) is 1.37. The number of nitrogens with zero attached hydrogens (tertiary/aromatic N) is 2. The molecule has 0 unspecified atom stereocenters. The lowest BCUT2D eigenvalue weighted by Crippen LogP contribution is -2.51. The smallest absolute Gasteiger partial charge is 0.424 e. The van der Waals surface area contributed by atoms with Crippen LogP contribution in [0.2, 0.25) is 0 Å². The molecule has 0 saturated heterocycles. The molecule has 200 valence electrons. The van der Waals surface area contributed by atoms with Gasteiger partial charge in [0.1, 0.15) is 28.5 Å². The van der Waals surface area contributed by atoms with Crippen LogP contribution in [0.5, 0.6) is 11.5 Å². The van der Waals surface area contributed by atoms with Gasteiger partial charge in [-0.05, 0) is 61.9 Å². The molecule has 4 aromatic rings. The number of pyridine rings is 1. The summed E-state index contributed by atoms with van der Waals surface area (Å²) in [6.07, 6.45) is -3.79. The van der Waals surface area contributed by atoms with Crippen LogP contribution in [-0.2, 0) is 5.60 Å². The number of alkyl halides is 3. The first-order valence-corrected chi connectivity index (χ1v) is 11.5. The number of H-pyrrole nitrogens is 1. The van der Waals surface area contributed by atoms with Crippen LogP contribution < -0.4 is 14.8 Å². The number of aryl methyl sites for hydroxylation is 1. The minimum absolute atomic E-state index is 0.00288. The minimum atomic E-state index is -5.22. The van der Waals surface area contributed by atoms with Crippen molar-refractivity contribution in [3.05, 3.63) is 71.3 Å². The Hall–Kier alpha value is -4.19. The van der Waals surface area contributed by atoms with Crippen molar-refractivity contribution in [2.24, 2.45) is 0 Å². The fourth-order valence-electron chi connectivity index (χ4n) is 3.97. The highest BCUT2D eigenvalue weighted by Gasteiger charge is 2.56. The molecule has 2 aromatic heterocycles. The van der Waals surface area contributed by atoms with Crippen LogP contribution in [0.4, 0.5) is 17.6 Å². The fraction of sp³-hybridized carbons (Fsp3) is 0.269. The number of nitrogens with one attached hydrogen (secondary N) is 2. The number of ether oxygens (including phenoxy) is 2. The predicted molar refractivity (Wildman–Crippen MR) is 130 cm³/mol. The number of aromatic nitrogens is 3. The van der Waals surface area contributed by atoms with Crippen molar-refractivity contribution in [2.45, 2.75) is 25.6 Å². The third-order valence-electron chi connectivity index (χ3n) is 5.96. The van der Waals surface area contributed by atoms with E-state index in [0.717, 1.165) is 18.2 Å². The Labute approximate surface area is 214 Å². The molecule has 2 aromatic carbocycles. The maximum Gasteiger partial charge on any atom is 0.424 e. The highest BCUT2D eigenvalue weighted by molar-refractivity contribution is 5.99. The number of carbonyl (C=O) groups is 1.